The normalized spacial score (nSPS) is 19.0. The van der Waals surface area contributed by atoms with Crippen LogP contribution < -0.4 is 5.73 Å². The van der Waals surface area contributed by atoms with Crippen LogP contribution in [0.2, 0.25) is 0 Å². The van der Waals surface area contributed by atoms with Crippen molar-refractivity contribution in [1.82, 2.24) is 4.90 Å². The first-order chi connectivity index (χ1) is 12.7. The van der Waals surface area contributed by atoms with Gasteiger partial charge in [0.05, 0.1) is 10.6 Å². The van der Waals surface area contributed by atoms with E-state index in [1.165, 1.54) is 0 Å². The molecule has 7 heteroatoms. The van der Waals surface area contributed by atoms with Gasteiger partial charge in [-0.05, 0) is 35.6 Å². The second kappa shape index (κ2) is 8.64. The third kappa shape index (κ3) is 4.74. The highest BCUT2D eigenvalue weighted by Gasteiger charge is 2.36. The van der Waals surface area contributed by atoms with Gasteiger partial charge in [-0.15, -0.1) is 12.4 Å². The van der Waals surface area contributed by atoms with Crippen LogP contribution in [0.25, 0.3) is 0 Å². The van der Waals surface area contributed by atoms with E-state index in [2.05, 4.69) is 13.8 Å². The van der Waals surface area contributed by atoms with Crippen molar-refractivity contribution in [2.75, 3.05) is 13.1 Å². The molecule has 1 saturated heterocycles. The number of halogens is 1. The Kier molecular flexibility index (Phi) is 6.91. The lowest BCUT2D eigenvalue weighted by molar-refractivity contribution is 0.0532. The number of hydrogen-bond acceptors (Lipinski definition) is 4. The van der Waals surface area contributed by atoms with Crippen molar-refractivity contribution < 1.29 is 13.2 Å². The van der Waals surface area contributed by atoms with E-state index in [4.69, 9.17) is 5.73 Å². The largest absolute Gasteiger partial charge is 0.338 e. The standard InChI is InChI=1S/C21H26N2O3S.ClH/c1-21(2)15-23(13-12-19(21)22)20(24)18-11-7-6-8-16(18)14-27(25,26)17-9-4-3-5-10-17;/h3-11,19H,12-15,22H2,1-2H3;1H. The minimum Gasteiger partial charge on any atom is -0.338 e. The number of amides is 1. The zero-order valence-corrected chi connectivity index (χ0v) is 17.8. The number of likely N-dealkylation sites (tertiary alicyclic amines) is 1. The van der Waals surface area contributed by atoms with Crippen molar-refractivity contribution in [3.05, 3.63) is 65.7 Å². The SMILES string of the molecule is CC1(C)CN(C(=O)c2ccccc2CS(=O)(=O)c2ccccc2)CCC1N.Cl. The van der Waals surface area contributed by atoms with Gasteiger partial charge in [0.2, 0.25) is 0 Å². The number of piperidine rings is 1. The van der Waals surface area contributed by atoms with Crippen LogP contribution in [0, 0.1) is 5.41 Å². The van der Waals surface area contributed by atoms with Gasteiger partial charge in [0.15, 0.2) is 9.84 Å². The number of benzene rings is 2. The Morgan fingerprint density at radius 2 is 1.71 bits per heavy atom. The fourth-order valence-electron chi connectivity index (χ4n) is 3.49. The Morgan fingerprint density at radius 1 is 1.11 bits per heavy atom. The number of carbonyl (C=O) groups is 1. The lowest BCUT2D eigenvalue weighted by atomic mass is 9.79. The van der Waals surface area contributed by atoms with E-state index >= 15 is 0 Å². The molecule has 1 fully saturated rings. The molecule has 0 radical (unpaired) electrons. The molecule has 2 aromatic rings. The molecule has 2 N–H and O–H groups in total. The second-order valence-electron chi connectivity index (χ2n) is 7.84. The van der Waals surface area contributed by atoms with Gasteiger partial charge in [-0.25, -0.2) is 8.42 Å². The van der Waals surface area contributed by atoms with Crippen LogP contribution in [-0.4, -0.2) is 38.4 Å². The summed E-state index contributed by atoms with van der Waals surface area (Å²) in [4.78, 5) is 15.2. The molecule has 0 spiro atoms. The first-order valence-electron chi connectivity index (χ1n) is 9.11. The van der Waals surface area contributed by atoms with Crippen LogP contribution in [0.3, 0.4) is 0 Å². The molecule has 1 aliphatic rings. The summed E-state index contributed by atoms with van der Waals surface area (Å²) in [5, 5.41) is 0. The van der Waals surface area contributed by atoms with Gasteiger partial charge in [0.1, 0.15) is 0 Å². The van der Waals surface area contributed by atoms with Crippen molar-refractivity contribution in [3.8, 4) is 0 Å². The van der Waals surface area contributed by atoms with E-state index in [-0.39, 0.29) is 40.4 Å². The Hall–Kier alpha value is -1.89. The smallest absolute Gasteiger partial charge is 0.254 e. The maximum absolute atomic E-state index is 13.1. The monoisotopic (exact) mass is 422 g/mol. The molecule has 1 unspecified atom stereocenters. The molecule has 3 rings (SSSR count). The maximum Gasteiger partial charge on any atom is 0.254 e. The van der Waals surface area contributed by atoms with Crippen LogP contribution in [0.5, 0.6) is 0 Å². The zero-order valence-electron chi connectivity index (χ0n) is 16.2. The molecule has 0 saturated carbocycles. The van der Waals surface area contributed by atoms with Crippen molar-refractivity contribution in [3.63, 3.8) is 0 Å². The molecule has 2 aromatic carbocycles. The van der Waals surface area contributed by atoms with Crippen molar-refractivity contribution in [2.24, 2.45) is 11.1 Å². The summed E-state index contributed by atoms with van der Waals surface area (Å²) in [7, 11) is -3.52. The molecule has 0 aliphatic carbocycles. The lowest BCUT2D eigenvalue weighted by Crippen LogP contribution is -2.54. The number of hydrogen-bond donors (Lipinski definition) is 1. The molecule has 0 aromatic heterocycles. The Labute approximate surface area is 173 Å². The molecule has 1 amide bonds. The van der Waals surface area contributed by atoms with Crippen LogP contribution in [0.1, 0.15) is 36.2 Å². The highest BCUT2D eigenvalue weighted by Crippen LogP contribution is 2.29. The minimum atomic E-state index is -3.52. The van der Waals surface area contributed by atoms with Gasteiger partial charge in [-0.2, -0.15) is 0 Å². The van der Waals surface area contributed by atoms with Crippen molar-refractivity contribution in [2.45, 2.75) is 37.0 Å². The summed E-state index contributed by atoms with van der Waals surface area (Å²) in [6.45, 7) is 5.27. The Bertz CT molecular complexity index is 930. The predicted octanol–water partition coefficient (Wildman–Crippen LogP) is 3.28. The minimum absolute atomic E-state index is 0. The van der Waals surface area contributed by atoms with Gasteiger partial charge in [-0.1, -0.05) is 50.2 Å². The number of carbonyl (C=O) groups excluding carboxylic acids is 1. The summed E-state index contributed by atoms with van der Waals surface area (Å²) in [5.74, 6) is -0.329. The number of nitrogens with two attached hydrogens (primary N) is 1. The molecule has 1 atom stereocenters. The third-order valence-electron chi connectivity index (χ3n) is 5.29. The predicted molar refractivity (Wildman–Crippen MR) is 113 cm³/mol. The molecule has 5 nitrogen and oxygen atoms in total. The van der Waals surface area contributed by atoms with Gasteiger partial charge >= 0.3 is 0 Å². The molecule has 1 aliphatic heterocycles. The van der Waals surface area contributed by atoms with E-state index in [0.29, 0.717) is 24.2 Å². The first kappa shape index (κ1) is 22.4. The molecule has 28 heavy (non-hydrogen) atoms. The average molecular weight is 423 g/mol. The molecule has 152 valence electrons. The van der Waals surface area contributed by atoms with Crippen LogP contribution in [-0.2, 0) is 15.6 Å². The quantitative estimate of drug-likeness (QED) is 0.819. The Morgan fingerprint density at radius 3 is 2.36 bits per heavy atom. The zero-order chi connectivity index (χ0) is 19.7. The van der Waals surface area contributed by atoms with Crippen LogP contribution in [0.15, 0.2) is 59.5 Å². The molecular formula is C21H27ClN2O3S. The fraction of sp³-hybridized carbons (Fsp3) is 0.381. The second-order valence-corrected chi connectivity index (χ2v) is 9.83. The van der Waals surface area contributed by atoms with E-state index in [0.717, 1.165) is 6.42 Å². The van der Waals surface area contributed by atoms with Gasteiger partial charge < -0.3 is 10.6 Å². The van der Waals surface area contributed by atoms with Gasteiger partial charge in [0.25, 0.3) is 5.91 Å². The van der Waals surface area contributed by atoms with E-state index in [1.54, 1.807) is 59.5 Å². The maximum atomic E-state index is 13.1. The lowest BCUT2D eigenvalue weighted by Gasteiger charge is -2.42. The van der Waals surface area contributed by atoms with Crippen LogP contribution >= 0.6 is 12.4 Å². The molecule has 0 bridgehead atoms. The highest BCUT2D eigenvalue weighted by atomic mass is 35.5. The summed E-state index contributed by atoms with van der Waals surface area (Å²) in [6.07, 6.45) is 0.739. The van der Waals surface area contributed by atoms with Gasteiger partial charge in [-0.3, -0.25) is 4.79 Å². The number of rotatable bonds is 4. The summed E-state index contributed by atoms with van der Waals surface area (Å²) < 4.78 is 25.5. The number of nitrogens with zero attached hydrogens (tertiary/aromatic N) is 1. The van der Waals surface area contributed by atoms with Crippen molar-refractivity contribution >= 4 is 28.2 Å². The van der Waals surface area contributed by atoms with Crippen LogP contribution in [0.4, 0.5) is 0 Å². The Balaban J connectivity index is 0.00000280. The molecular weight excluding hydrogens is 396 g/mol. The third-order valence-corrected chi connectivity index (χ3v) is 6.98. The van der Waals surface area contributed by atoms with E-state index in [9.17, 15) is 13.2 Å². The van der Waals surface area contributed by atoms with Crippen molar-refractivity contribution in [1.29, 1.82) is 0 Å². The summed E-state index contributed by atoms with van der Waals surface area (Å²) in [5.41, 5.74) is 6.98. The average Bonchev–Trinajstić information content (AvgIpc) is 2.64. The number of sulfone groups is 1. The summed E-state index contributed by atoms with van der Waals surface area (Å²) >= 11 is 0. The highest BCUT2D eigenvalue weighted by molar-refractivity contribution is 7.90. The van der Waals surface area contributed by atoms with E-state index < -0.39 is 9.84 Å². The molecule has 1 heterocycles. The first-order valence-corrected chi connectivity index (χ1v) is 10.8. The van der Waals surface area contributed by atoms with Gasteiger partial charge in [0, 0.05) is 24.7 Å². The van der Waals surface area contributed by atoms with E-state index in [1.807, 2.05) is 0 Å². The fourth-order valence-corrected chi connectivity index (χ4v) is 4.89. The topological polar surface area (TPSA) is 80.5 Å². The summed E-state index contributed by atoms with van der Waals surface area (Å²) in [6, 6.07) is 15.3.